The van der Waals surface area contributed by atoms with Gasteiger partial charge in [0.1, 0.15) is 4.99 Å². The lowest BCUT2D eigenvalue weighted by Gasteiger charge is -2.35. The third kappa shape index (κ3) is 2.94. The zero-order valence-electron chi connectivity index (χ0n) is 11.6. The number of nitrogens with one attached hydrogen (secondary N) is 1. The van der Waals surface area contributed by atoms with Crippen LogP contribution >= 0.6 is 12.2 Å². The lowest BCUT2D eigenvalue weighted by atomic mass is 9.97. The highest BCUT2D eigenvalue weighted by molar-refractivity contribution is 7.80. The summed E-state index contributed by atoms with van der Waals surface area (Å²) in [5, 5.41) is 3.07. The van der Waals surface area contributed by atoms with Crippen molar-refractivity contribution in [1.29, 1.82) is 0 Å². The Bertz CT molecular complexity index is 420. The molecule has 0 aliphatic carbocycles. The van der Waals surface area contributed by atoms with Crippen LogP contribution in [0.1, 0.15) is 18.5 Å². The van der Waals surface area contributed by atoms with Gasteiger partial charge >= 0.3 is 0 Å². The van der Waals surface area contributed by atoms with E-state index in [1.807, 2.05) is 25.2 Å². The van der Waals surface area contributed by atoms with Crippen LogP contribution in [0.2, 0.25) is 0 Å². The molecule has 0 radical (unpaired) electrons. The van der Waals surface area contributed by atoms with Crippen molar-refractivity contribution >= 4 is 17.2 Å². The first kappa shape index (κ1) is 14.4. The molecule has 0 bridgehead atoms. The van der Waals surface area contributed by atoms with Crippen molar-refractivity contribution in [3.63, 3.8) is 0 Å². The molecule has 1 aromatic heterocycles. The average molecular weight is 279 g/mol. The molecule has 104 valence electrons. The van der Waals surface area contributed by atoms with Crippen LogP contribution in [0.25, 0.3) is 0 Å². The first-order valence-electron chi connectivity index (χ1n) is 6.64. The van der Waals surface area contributed by atoms with Gasteiger partial charge in [-0.15, -0.1) is 0 Å². The van der Waals surface area contributed by atoms with Gasteiger partial charge in [0.05, 0.1) is 5.69 Å². The van der Waals surface area contributed by atoms with E-state index in [-0.39, 0.29) is 0 Å². The van der Waals surface area contributed by atoms with Crippen LogP contribution in [0.5, 0.6) is 0 Å². The van der Waals surface area contributed by atoms with E-state index in [1.54, 1.807) is 13.3 Å². The quantitative estimate of drug-likeness (QED) is 0.828. The Balaban J connectivity index is 2.32. The first-order chi connectivity index (χ1) is 9.23. The van der Waals surface area contributed by atoms with Gasteiger partial charge in [-0.2, -0.15) is 0 Å². The van der Waals surface area contributed by atoms with Crippen LogP contribution in [0.3, 0.4) is 0 Å². The summed E-state index contributed by atoms with van der Waals surface area (Å²) in [5.74, 6) is 0. The molecule has 1 N–H and O–H groups in total. The summed E-state index contributed by atoms with van der Waals surface area (Å²) in [7, 11) is 3.54. The molecule has 4 nitrogen and oxygen atoms in total. The van der Waals surface area contributed by atoms with E-state index >= 15 is 0 Å². The number of nitrogens with zero attached hydrogens (tertiary/aromatic N) is 2. The molecule has 1 unspecified atom stereocenters. The van der Waals surface area contributed by atoms with Gasteiger partial charge in [-0.05, 0) is 38.1 Å². The largest absolute Gasteiger partial charge is 0.380 e. The van der Waals surface area contributed by atoms with E-state index in [9.17, 15) is 0 Å². The Kier molecular flexibility index (Phi) is 4.85. The van der Waals surface area contributed by atoms with Crippen LogP contribution in [-0.4, -0.2) is 48.7 Å². The second kappa shape index (κ2) is 6.41. The molecular formula is C14H21N3OS. The Labute approximate surface area is 120 Å². The van der Waals surface area contributed by atoms with Gasteiger partial charge in [0, 0.05) is 26.9 Å². The third-order valence-corrected chi connectivity index (χ3v) is 4.20. The Hall–Kier alpha value is -1.04. The lowest BCUT2D eigenvalue weighted by Crippen LogP contribution is -2.51. The lowest BCUT2D eigenvalue weighted by molar-refractivity contribution is 0.0160. The fraction of sp³-hybridized carbons (Fsp3) is 0.571. The maximum Gasteiger partial charge on any atom is 0.172 e. The molecule has 0 saturated carbocycles. The number of likely N-dealkylation sites (tertiary alicyclic amines) is 1. The number of hydrogen-bond donors (Lipinski definition) is 1. The van der Waals surface area contributed by atoms with Gasteiger partial charge in [-0.25, -0.2) is 0 Å². The molecule has 1 aliphatic heterocycles. The second-order valence-electron chi connectivity index (χ2n) is 4.81. The third-order valence-electron chi connectivity index (χ3n) is 3.67. The van der Waals surface area contributed by atoms with E-state index in [4.69, 9.17) is 17.0 Å². The van der Waals surface area contributed by atoms with Gasteiger partial charge in [0.25, 0.3) is 0 Å². The van der Waals surface area contributed by atoms with E-state index in [2.05, 4.69) is 15.2 Å². The normalized spacial score (nSPS) is 19.1. The average Bonchev–Trinajstić information content (AvgIpc) is 2.97. The van der Waals surface area contributed by atoms with Crippen molar-refractivity contribution in [2.45, 2.75) is 18.4 Å². The highest BCUT2D eigenvalue weighted by Crippen LogP contribution is 2.27. The van der Waals surface area contributed by atoms with E-state index in [0.717, 1.165) is 25.3 Å². The molecule has 5 heteroatoms. The maximum atomic E-state index is 5.83. The number of ether oxygens (including phenoxy) is 1. The highest BCUT2D eigenvalue weighted by Gasteiger charge is 2.40. The minimum atomic E-state index is -0.657. The van der Waals surface area contributed by atoms with Crippen molar-refractivity contribution in [3.05, 3.63) is 30.1 Å². The Morgan fingerprint density at radius 2 is 2.21 bits per heavy atom. The Morgan fingerprint density at radius 3 is 2.74 bits per heavy atom. The van der Waals surface area contributed by atoms with E-state index < -0.39 is 5.60 Å². The number of hydrogen-bond acceptors (Lipinski definition) is 4. The molecule has 1 aromatic rings. The SMILES string of the molecule is CNC(=S)C(CN1CCCC1)(OC)c1ccccn1. The minimum Gasteiger partial charge on any atom is -0.380 e. The standard InChI is InChI=1S/C14H21N3OS/c1-15-13(19)14(18-2,11-17-9-5-6-10-17)12-7-3-4-8-16-12/h3-4,7-8H,5-6,9-11H2,1-2H3,(H,15,19). The number of likely N-dealkylation sites (N-methyl/N-ethyl adjacent to an activating group) is 1. The summed E-state index contributed by atoms with van der Waals surface area (Å²) < 4.78 is 5.83. The van der Waals surface area contributed by atoms with Crippen LogP contribution in [0.4, 0.5) is 0 Å². The van der Waals surface area contributed by atoms with Crippen LogP contribution in [0, 0.1) is 0 Å². The molecule has 1 aliphatic rings. The van der Waals surface area contributed by atoms with Gasteiger partial charge < -0.3 is 10.1 Å². The summed E-state index contributed by atoms with van der Waals surface area (Å²) in [4.78, 5) is 7.53. The fourth-order valence-corrected chi connectivity index (χ4v) is 2.84. The van der Waals surface area contributed by atoms with Crippen molar-refractivity contribution in [2.24, 2.45) is 0 Å². The summed E-state index contributed by atoms with van der Waals surface area (Å²) >= 11 is 5.50. The first-order valence-corrected chi connectivity index (χ1v) is 7.05. The molecule has 0 amide bonds. The van der Waals surface area contributed by atoms with Crippen LogP contribution < -0.4 is 5.32 Å². The second-order valence-corrected chi connectivity index (χ2v) is 5.22. The van der Waals surface area contributed by atoms with Crippen molar-refractivity contribution in [2.75, 3.05) is 33.8 Å². The summed E-state index contributed by atoms with van der Waals surface area (Å²) in [6.07, 6.45) is 4.27. The van der Waals surface area contributed by atoms with Gasteiger partial charge in [-0.3, -0.25) is 9.88 Å². The fourth-order valence-electron chi connectivity index (χ4n) is 2.59. The summed E-state index contributed by atoms with van der Waals surface area (Å²) in [5.41, 5.74) is 0.208. The molecule has 1 fully saturated rings. The van der Waals surface area contributed by atoms with E-state index in [1.165, 1.54) is 12.8 Å². The van der Waals surface area contributed by atoms with Crippen molar-refractivity contribution in [3.8, 4) is 0 Å². The maximum absolute atomic E-state index is 5.83. The number of rotatable bonds is 5. The zero-order chi connectivity index (χ0) is 13.7. The molecule has 1 saturated heterocycles. The number of thiocarbonyl (C=S) groups is 1. The van der Waals surface area contributed by atoms with Gasteiger partial charge in [0.2, 0.25) is 0 Å². The topological polar surface area (TPSA) is 37.4 Å². The van der Waals surface area contributed by atoms with Gasteiger partial charge in [-0.1, -0.05) is 18.3 Å². The smallest absolute Gasteiger partial charge is 0.172 e. The highest BCUT2D eigenvalue weighted by atomic mass is 32.1. The number of aromatic nitrogens is 1. The minimum absolute atomic E-state index is 0.657. The predicted octanol–water partition coefficient (Wildman–Crippen LogP) is 1.57. The van der Waals surface area contributed by atoms with Crippen molar-refractivity contribution in [1.82, 2.24) is 15.2 Å². The van der Waals surface area contributed by atoms with E-state index in [0.29, 0.717) is 4.99 Å². The van der Waals surface area contributed by atoms with Crippen LogP contribution in [-0.2, 0) is 10.3 Å². The monoisotopic (exact) mass is 279 g/mol. The van der Waals surface area contributed by atoms with Crippen LogP contribution in [0.15, 0.2) is 24.4 Å². The molecule has 19 heavy (non-hydrogen) atoms. The molecule has 0 aromatic carbocycles. The number of pyridine rings is 1. The number of methoxy groups -OCH3 is 1. The molecule has 0 spiro atoms. The Morgan fingerprint density at radius 1 is 1.47 bits per heavy atom. The predicted molar refractivity (Wildman–Crippen MR) is 80.3 cm³/mol. The van der Waals surface area contributed by atoms with Crippen molar-refractivity contribution < 1.29 is 4.74 Å². The molecular weight excluding hydrogens is 258 g/mol. The zero-order valence-corrected chi connectivity index (χ0v) is 12.4. The summed E-state index contributed by atoms with van der Waals surface area (Å²) in [6, 6.07) is 5.85. The summed E-state index contributed by atoms with van der Waals surface area (Å²) in [6.45, 7) is 2.95. The molecule has 1 atom stereocenters. The molecule has 2 rings (SSSR count). The molecule has 2 heterocycles. The van der Waals surface area contributed by atoms with Gasteiger partial charge in [0.15, 0.2) is 5.60 Å².